The number of hydrogen-bond acceptors (Lipinski definition) is 6. The summed E-state index contributed by atoms with van der Waals surface area (Å²) in [4.78, 5) is 63.8. The molecule has 4 rings (SSSR count). The van der Waals surface area contributed by atoms with Crippen molar-refractivity contribution in [2.45, 2.75) is 38.7 Å². The number of nitrogens with one attached hydrogen (secondary N) is 1. The first-order valence-electron chi connectivity index (χ1n) is 11.0. The largest absolute Gasteiger partial charge is 0.451 e. The summed E-state index contributed by atoms with van der Waals surface area (Å²) in [5, 5.41) is 2.62. The molecule has 8 heteroatoms. The van der Waals surface area contributed by atoms with Gasteiger partial charge in [-0.25, -0.2) is 0 Å². The molecule has 1 aliphatic carbocycles. The number of likely N-dealkylation sites (tertiary alicyclic amines) is 1. The SMILES string of the molecule is CC(OC(=O)CN1CCCCCC1=O)C(=O)Nc1ccc2c(c1)C(=O)c1ccccc1C2=O. The highest BCUT2D eigenvalue weighted by atomic mass is 16.5. The molecule has 2 aromatic rings. The smallest absolute Gasteiger partial charge is 0.326 e. The maximum absolute atomic E-state index is 12.8. The molecular weight excluding hydrogens is 424 g/mol. The van der Waals surface area contributed by atoms with Crippen molar-refractivity contribution in [3.05, 3.63) is 64.7 Å². The Balaban J connectivity index is 1.40. The third-order valence-electron chi connectivity index (χ3n) is 5.86. The Morgan fingerprint density at radius 1 is 0.939 bits per heavy atom. The summed E-state index contributed by atoms with van der Waals surface area (Å²) in [7, 11) is 0. The van der Waals surface area contributed by atoms with Gasteiger partial charge >= 0.3 is 5.97 Å². The van der Waals surface area contributed by atoms with Crippen molar-refractivity contribution >= 4 is 35.0 Å². The highest BCUT2D eigenvalue weighted by Crippen LogP contribution is 2.29. The fourth-order valence-electron chi connectivity index (χ4n) is 4.07. The zero-order valence-electron chi connectivity index (χ0n) is 18.3. The van der Waals surface area contributed by atoms with Crippen molar-refractivity contribution in [3.63, 3.8) is 0 Å². The summed E-state index contributed by atoms with van der Waals surface area (Å²) in [6.07, 6.45) is 1.89. The Kier molecular flexibility index (Phi) is 6.35. The van der Waals surface area contributed by atoms with E-state index in [4.69, 9.17) is 4.74 Å². The molecule has 0 bridgehead atoms. The van der Waals surface area contributed by atoms with Gasteiger partial charge in [0.05, 0.1) is 0 Å². The van der Waals surface area contributed by atoms with E-state index in [1.165, 1.54) is 30.0 Å². The number of amides is 2. The third-order valence-corrected chi connectivity index (χ3v) is 5.86. The van der Waals surface area contributed by atoms with Gasteiger partial charge in [0.25, 0.3) is 5.91 Å². The molecule has 1 fully saturated rings. The molecule has 2 aliphatic rings. The van der Waals surface area contributed by atoms with E-state index in [9.17, 15) is 24.0 Å². The van der Waals surface area contributed by atoms with Gasteiger partial charge in [0.1, 0.15) is 6.54 Å². The maximum atomic E-state index is 12.8. The molecule has 1 atom stereocenters. The molecule has 1 unspecified atom stereocenters. The number of rotatable bonds is 5. The summed E-state index contributed by atoms with van der Waals surface area (Å²) in [6, 6.07) is 11.1. The minimum absolute atomic E-state index is 0.0867. The van der Waals surface area contributed by atoms with Gasteiger partial charge in [-0.1, -0.05) is 30.7 Å². The van der Waals surface area contributed by atoms with Gasteiger partial charge in [-0.05, 0) is 38.0 Å². The van der Waals surface area contributed by atoms with Crippen LogP contribution in [0.5, 0.6) is 0 Å². The Bertz CT molecular complexity index is 1160. The van der Waals surface area contributed by atoms with Crippen molar-refractivity contribution in [2.24, 2.45) is 0 Å². The van der Waals surface area contributed by atoms with Crippen LogP contribution < -0.4 is 5.32 Å². The number of carbonyl (C=O) groups is 5. The molecule has 1 heterocycles. The number of ether oxygens (including phenoxy) is 1. The van der Waals surface area contributed by atoms with Crippen LogP contribution in [0, 0.1) is 0 Å². The summed E-state index contributed by atoms with van der Waals surface area (Å²) in [5.41, 5.74) is 1.48. The van der Waals surface area contributed by atoms with Crippen LogP contribution in [0.3, 0.4) is 0 Å². The zero-order chi connectivity index (χ0) is 23.5. The molecule has 1 N–H and O–H groups in total. The molecule has 8 nitrogen and oxygen atoms in total. The molecular formula is C25H24N2O6. The van der Waals surface area contributed by atoms with Gasteiger partial charge in [0.15, 0.2) is 17.7 Å². The second kappa shape index (κ2) is 9.36. The number of benzene rings is 2. The van der Waals surface area contributed by atoms with Gasteiger partial charge in [0.2, 0.25) is 5.91 Å². The summed E-state index contributed by atoms with van der Waals surface area (Å²) < 4.78 is 5.21. The highest BCUT2D eigenvalue weighted by Gasteiger charge is 2.30. The molecule has 1 saturated heterocycles. The number of nitrogens with zero attached hydrogens (tertiary/aromatic N) is 1. The second-order valence-electron chi connectivity index (χ2n) is 8.21. The van der Waals surface area contributed by atoms with E-state index in [0.717, 1.165) is 19.3 Å². The standard InChI is InChI=1S/C25H24N2O6/c1-15(33-22(29)14-27-12-6-2-3-9-21(27)28)25(32)26-16-10-11-19-20(13-16)24(31)18-8-5-4-7-17(18)23(19)30/h4-5,7-8,10-11,13,15H,2-3,6,9,12,14H2,1H3,(H,26,32). The van der Waals surface area contributed by atoms with Crippen LogP contribution in [0.1, 0.15) is 64.4 Å². The predicted molar refractivity (Wildman–Crippen MR) is 119 cm³/mol. The average Bonchev–Trinajstić information content (AvgIpc) is 3.01. The van der Waals surface area contributed by atoms with Crippen LogP contribution in [0.15, 0.2) is 42.5 Å². The third kappa shape index (κ3) is 4.69. The van der Waals surface area contributed by atoms with E-state index in [2.05, 4.69) is 5.32 Å². The zero-order valence-corrected chi connectivity index (χ0v) is 18.3. The Morgan fingerprint density at radius 2 is 1.61 bits per heavy atom. The van der Waals surface area contributed by atoms with Gasteiger partial charge in [-0.15, -0.1) is 0 Å². The number of anilines is 1. The monoisotopic (exact) mass is 448 g/mol. The van der Waals surface area contributed by atoms with Gasteiger partial charge in [0, 0.05) is 40.9 Å². The van der Waals surface area contributed by atoms with Crippen molar-refractivity contribution in [1.29, 1.82) is 0 Å². The molecule has 170 valence electrons. The van der Waals surface area contributed by atoms with E-state index in [1.807, 2.05) is 0 Å². The Morgan fingerprint density at radius 3 is 2.33 bits per heavy atom. The number of hydrogen-bond donors (Lipinski definition) is 1. The minimum atomic E-state index is -1.10. The van der Waals surface area contributed by atoms with Crippen molar-refractivity contribution < 1.29 is 28.7 Å². The fraction of sp³-hybridized carbons (Fsp3) is 0.320. The summed E-state index contributed by atoms with van der Waals surface area (Å²) in [5.74, 6) is -1.87. The lowest BCUT2D eigenvalue weighted by Crippen LogP contribution is -2.38. The second-order valence-corrected chi connectivity index (χ2v) is 8.21. The van der Waals surface area contributed by atoms with E-state index < -0.39 is 18.0 Å². The van der Waals surface area contributed by atoms with Gasteiger partial charge < -0.3 is 15.0 Å². The average molecular weight is 448 g/mol. The van der Waals surface area contributed by atoms with E-state index in [1.54, 1.807) is 24.3 Å². The van der Waals surface area contributed by atoms with E-state index in [-0.39, 0.29) is 35.1 Å². The van der Waals surface area contributed by atoms with Crippen molar-refractivity contribution in [3.8, 4) is 0 Å². The highest BCUT2D eigenvalue weighted by molar-refractivity contribution is 6.28. The lowest BCUT2D eigenvalue weighted by atomic mass is 9.84. The van der Waals surface area contributed by atoms with E-state index in [0.29, 0.717) is 29.8 Å². The topological polar surface area (TPSA) is 110 Å². The molecule has 33 heavy (non-hydrogen) atoms. The first kappa shape index (κ1) is 22.4. The van der Waals surface area contributed by atoms with Crippen LogP contribution >= 0.6 is 0 Å². The molecule has 0 spiro atoms. The van der Waals surface area contributed by atoms with Crippen LogP contribution in [0.2, 0.25) is 0 Å². The predicted octanol–water partition coefficient (Wildman–Crippen LogP) is 2.73. The van der Waals surface area contributed by atoms with E-state index >= 15 is 0 Å². The van der Waals surface area contributed by atoms with Gasteiger partial charge in [-0.3, -0.25) is 24.0 Å². The number of fused-ring (bicyclic) bond motifs is 2. The number of esters is 1. The first-order valence-corrected chi connectivity index (χ1v) is 11.0. The number of ketones is 2. The number of carbonyl (C=O) groups excluding carboxylic acids is 5. The lowest BCUT2D eigenvalue weighted by Gasteiger charge is -2.21. The molecule has 0 radical (unpaired) electrons. The van der Waals surface area contributed by atoms with Crippen molar-refractivity contribution in [1.82, 2.24) is 4.90 Å². The van der Waals surface area contributed by atoms with Crippen LogP contribution in [0.4, 0.5) is 5.69 Å². The van der Waals surface area contributed by atoms with Crippen LogP contribution in [-0.4, -0.2) is 53.4 Å². The summed E-state index contributed by atoms with van der Waals surface area (Å²) in [6.45, 7) is 1.74. The molecule has 0 aromatic heterocycles. The fourth-order valence-corrected chi connectivity index (χ4v) is 4.07. The Hall–Kier alpha value is -3.81. The molecule has 2 amide bonds. The minimum Gasteiger partial charge on any atom is -0.451 e. The van der Waals surface area contributed by atoms with Crippen LogP contribution in [-0.2, 0) is 19.1 Å². The quantitative estimate of drug-likeness (QED) is 0.601. The Labute approximate surface area is 190 Å². The molecule has 0 saturated carbocycles. The van der Waals surface area contributed by atoms with Crippen LogP contribution in [0.25, 0.3) is 0 Å². The normalized spacial score (nSPS) is 16.4. The summed E-state index contributed by atoms with van der Waals surface area (Å²) >= 11 is 0. The maximum Gasteiger partial charge on any atom is 0.326 e. The first-order chi connectivity index (χ1) is 15.8. The van der Waals surface area contributed by atoms with Crippen molar-refractivity contribution in [2.75, 3.05) is 18.4 Å². The molecule has 2 aromatic carbocycles. The lowest BCUT2D eigenvalue weighted by molar-refractivity contribution is -0.156. The molecule has 1 aliphatic heterocycles. The van der Waals surface area contributed by atoms with Gasteiger partial charge in [-0.2, -0.15) is 0 Å².